The summed E-state index contributed by atoms with van der Waals surface area (Å²) in [7, 11) is 0. The molecule has 0 heterocycles. The Hall–Kier alpha value is -0.940. The minimum atomic E-state index is -1.80. The number of hydrogen-bond donors (Lipinski definition) is 3. The van der Waals surface area contributed by atoms with Crippen LogP contribution in [0.15, 0.2) is 0 Å². The average molecular weight is 160 g/mol. The number of hydrogen-bond acceptors (Lipinski definition) is 4. The highest BCUT2D eigenvalue weighted by atomic mass is 16.4. The van der Waals surface area contributed by atoms with Gasteiger partial charge in [-0.15, -0.1) is 0 Å². The molecule has 5 N–H and O–H groups in total. The molecule has 0 fully saturated rings. The van der Waals surface area contributed by atoms with Crippen LogP contribution < -0.4 is 11.5 Å². The average Bonchev–Trinajstić information content (AvgIpc) is 1.87. The summed E-state index contributed by atoms with van der Waals surface area (Å²) in [5, 5.41) is 8.53. The number of Topliss-reactive ketones (excluding diaryl/α,β-unsaturated/α-hetero) is 1. The molecule has 11 heavy (non-hydrogen) atoms. The molecule has 1 atom stereocenters. The van der Waals surface area contributed by atoms with Crippen LogP contribution in [0.25, 0.3) is 0 Å². The van der Waals surface area contributed by atoms with E-state index in [0.29, 0.717) is 0 Å². The van der Waals surface area contributed by atoms with Crippen molar-refractivity contribution >= 4 is 11.8 Å². The fourth-order valence-corrected chi connectivity index (χ4v) is 0.661. The Labute approximate surface area is 64.4 Å². The van der Waals surface area contributed by atoms with E-state index in [9.17, 15) is 9.59 Å². The molecule has 0 radical (unpaired) electrons. The Bertz CT molecular complexity index is 165. The third-order valence-electron chi connectivity index (χ3n) is 1.55. The van der Waals surface area contributed by atoms with Gasteiger partial charge in [-0.1, -0.05) is 0 Å². The van der Waals surface area contributed by atoms with Crippen LogP contribution in [0.5, 0.6) is 0 Å². The van der Waals surface area contributed by atoms with Gasteiger partial charge < -0.3 is 16.6 Å². The molecule has 5 heteroatoms. The summed E-state index contributed by atoms with van der Waals surface area (Å²) in [5.41, 5.74) is 8.56. The third kappa shape index (κ3) is 1.99. The molecule has 0 amide bonds. The second-order valence-corrected chi connectivity index (χ2v) is 2.37. The first-order valence-corrected chi connectivity index (χ1v) is 3.18. The summed E-state index contributed by atoms with van der Waals surface area (Å²) in [5.74, 6) is -1.90. The van der Waals surface area contributed by atoms with E-state index in [1.54, 1.807) is 0 Å². The van der Waals surface area contributed by atoms with Crippen LogP contribution in [0.2, 0.25) is 0 Å². The van der Waals surface area contributed by atoms with Gasteiger partial charge in [0.15, 0.2) is 11.3 Å². The molecule has 0 aromatic heterocycles. The molecule has 0 saturated carbocycles. The highest BCUT2D eigenvalue weighted by molar-refractivity contribution is 6.06. The topological polar surface area (TPSA) is 106 Å². The summed E-state index contributed by atoms with van der Waals surface area (Å²) < 4.78 is 0. The van der Waals surface area contributed by atoms with Crippen LogP contribution in [-0.4, -0.2) is 28.9 Å². The number of nitrogens with two attached hydrogens (primary N) is 2. The first kappa shape index (κ1) is 10.1. The predicted molar refractivity (Wildman–Crippen MR) is 38.9 cm³/mol. The number of carbonyl (C=O) groups is 2. The van der Waals surface area contributed by atoms with Crippen LogP contribution in [0.1, 0.15) is 13.3 Å². The van der Waals surface area contributed by atoms with E-state index in [4.69, 9.17) is 16.6 Å². The SMILES string of the molecule is CC(=O)[C@@](N)(CCN)C(=O)O. The van der Waals surface area contributed by atoms with Gasteiger partial charge in [0.1, 0.15) is 0 Å². The minimum absolute atomic E-state index is 0.0301. The van der Waals surface area contributed by atoms with Crippen LogP contribution in [0.4, 0.5) is 0 Å². The molecule has 0 aliphatic heterocycles. The second kappa shape index (κ2) is 3.45. The normalized spacial score (nSPS) is 15.5. The zero-order valence-corrected chi connectivity index (χ0v) is 6.33. The molecule has 5 nitrogen and oxygen atoms in total. The molecule has 0 spiro atoms. The number of rotatable bonds is 4. The van der Waals surface area contributed by atoms with Crippen molar-refractivity contribution in [1.82, 2.24) is 0 Å². The fourth-order valence-electron chi connectivity index (χ4n) is 0.661. The van der Waals surface area contributed by atoms with Crippen molar-refractivity contribution < 1.29 is 14.7 Å². The number of carbonyl (C=O) groups excluding carboxylic acids is 1. The molecular formula is C6H12N2O3. The zero-order chi connectivity index (χ0) is 9.07. The maximum absolute atomic E-state index is 10.7. The lowest BCUT2D eigenvalue weighted by Gasteiger charge is -2.19. The van der Waals surface area contributed by atoms with Gasteiger partial charge in [0, 0.05) is 0 Å². The van der Waals surface area contributed by atoms with Crippen molar-refractivity contribution in [2.24, 2.45) is 11.5 Å². The van der Waals surface area contributed by atoms with Crippen LogP contribution in [0.3, 0.4) is 0 Å². The lowest BCUT2D eigenvalue weighted by Crippen LogP contribution is -2.55. The van der Waals surface area contributed by atoms with Crippen LogP contribution in [-0.2, 0) is 9.59 Å². The highest BCUT2D eigenvalue weighted by Gasteiger charge is 2.38. The molecule has 0 aliphatic carbocycles. The van der Waals surface area contributed by atoms with Crippen LogP contribution >= 0.6 is 0 Å². The summed E-state index contributed by atoms with van der Waals surface area (Å²) >= 11 is 0. The van der Waals surface area contributed by atoms with E-state index < -0.39 is 17.3 Å². The van der Waals surface area contributed by atoms with Crippen molar-refractivity contribution in [2.45, 2.75) is 18.9 Å². The van der Waals surface area contributed by atoms with Gasteiger partial charge in [-0.25, -0.2) is 4.79 Å². The maximum atomic E-state index is 10.7. The summed E-state index contributed by atoms with van der Waals surface area (Å²) in [4.78, 5) is 21.2. The molecule has 0 unspecified atom stereocenters. The van der Waals surface area contributed by atoms with Crippen LogP contribution in [0, 0.1) is 0 Å². The van der Waals surface area contributed by atoms with Crippen molar-refractivity contribution in [3.8, 4) is 0 Å². The summed E-state index contributed by atoms with van der Waals surface area (Å²) in [6, 6.07) is 0. The van der Waals surface area contributed by atoms with Gasteiger partial charge in [-0.2, -0.15) is 0 Å². The smallest absolute Gasteiger partial charge is 0.331 e. The van der Waals surface area contributed by atoms with E-state index in [-0.39, 0.29) is 13.0 Å². The third-order valence-corrected chi connectivity index (χ3v) is 1.55. The zero-order valence-electron chi connectivity index (χ0n) is 6.33. The maximum Gasteiger partial charge on any atom is 0.331 e. The Kier molecular flexibility index (Phi) is 3.16. The summed E-state index contributed by atoms with van der Waals surface area (Å²) in [6.07, 6.45) is -0.0301. The Morgan fingerprint density at radius 1 is 1.55 bits per heavy atom. The first-order valence-electron chi connectivity index (χ1n) is 3.18. The monoisotopic (exact) mass is 160 g/mol. The Balaban J connectivity index is 4.52. The van der Waals surface area contributed by atoms with Gasteiger partial charge in [0.25, 0.3) is 0 Å². The Morgan fingerprint density at radius 3 is 2.09 bits per heavy atom. The largest absolute Gasteiger partial charge is 0.480 e. The van der Waals surface area contributed by atoms with E-state index in [1.807, 2.05) is 0 Å². The van der Waals surface area contributed by atoms with Crippen molar-refractivity contribution in [2.75, 3.05) is 6.54 Å². The van der Waals surface area contributed by atoms with Gasteiger partial charge in [-0.3, -0.25) is 4.79 Å². The highest BCUT2D eigenvalue weighted by Crippen LogP contribution is 2.06. The van der Waals surface area contributed by atoms with Gasteiger partial charge in [-0.05, 0) is 19.9 Å². The van der Waals surface area contributed by atoms with E-state index >= 15 is 0 Å². The van der Waals surface area contributed by atoms with Crippen molar-refractivity contribution in [3.63, 3.8) is 0 Å². The number of carboxylic acids is 1. The molecule has 64 valence electrons. The quantitative estimate of drug-likeness (QED) is 0.443. The molecule has 0 aliphatic rings. The molecular weight excluding hydrogens is 148 g/mol. The number of carboxylic acid groups (broad SMARTS) is 1. The van der Waals surface area contributed by atoms with E-state index in [1.165, 1.54) is 0 Å². The fraction of sp³-hybridized carbons (Fsp3) is 0.667. The van der Waals surface area contributed by atoms with Crippen molar-refractivity contribution in [3.05, 3.63) is 0 Å². The van der Waals surface area contributed by atoms with Crippen molar-refractivity contribution in [1.29, 1.82) is 0 Å². The molecule has 0 bridgehead atoms. The van der Waals surface area contributed by atoms with Gasteiger partial charge in [0.05, 0.1) is 0 Å². The second-order valence-electron chi connectivity index (χ2n) is 2.37. The lowest BCUT2D eigenvalue weighted by molar-refractivity contribution is -0.147. The van der Waals surface area contributed by atoms with E-state index in [2.05, 4.69) is 0 Å². The first-order chi connectivity index (χ1) is 4.95. The lowest BCUT2D eigenvalue weighted by atomic mass is 9.92. The molecule has 0 saturated heterocycles. The molecule has 0 aromatic carbocycles. The standard InChI is InChI=1S/C6H12N2O3/c1-4(9)6(8,2-3-7)5(10)11/h2-3,7-8H2,1H3,(H,10,11)/t6-/m0/s1. The van der Waals surface area contributed by atoms with Gasteiger partial charge >= 0.3 is 5.97 Å². The summed E-state index contributed by atoms with van der Waals surface area (Å²) in [6.45, 7) is 1.23. The number of ketones is 1. The predicted octanol–water partition coefficient (Wildman–Crippen LogP) is -1.29. The van der Waals surface area contributed by atoms with Gasteiger partial charge in [0.2, 0.25) is 0 Å². The minimum Gasteiger partial charge on any atom is -0.480 e. The molecule has 0 rings (SSSR count). The van der Waals surface area contributed by atoms with E-state index in [0.717, 1.165) is 6.92 Å². The Morgan fingerprint density at radius 2 is 2.00 bits per heavy atom. The molecule has 0 aromatic rings. The number of aliphatic carboxylic acids is 1.